The van der Waals surface area contributed by atoms with Crippen LogP contribution in [0.3, 0.4) is 0 Å². The Kier molecular flexibility index (Phi) is 8.29. The summed E-state index contributed by atoms with van der Waals surface area (Å²) in [5.41, 5.74) is 3.54. The van der Waals surface area contributed by atoms with Crippen LogP contribution in [-0.2, 0) is 11.4 Å². The van der Waals surface area contributed by atoms with Gasteiger partial charge in [0.2, 0.25) is 0 Å². The zero-order valence-corrected chi connectivity index (χ0v) is 22.7. The molecule has 186 valence electrons. The fourth-order valence-electron chi connectivity index (χ4n) is 3.64. The number of amidine groups is 1. The number of ether oxygens (including phenoxy) is 2. The molecule has 0 N–H and O–H groups in total. The van der Waals surface area contributed by atoms with Gasteiger partial charge < -0.3 is 9.47 Å². The lowest BCUT2D eigenvalue weighted by molar-refractivity contribution is -0.123. The molecule has 1 saturated heterocycles. The maximum Gasteiger partial charge on any atom is 0.266 e. The van der Waals surface area contributed by atoms with Gasteiger partial charge in [-0.25, -0.2) is 4.99 Å². The standard InChI is InChI=1S/C28H26Cl2N2O3S/c1-17(2)32-27(33)25(36-28(32)31-21-11-8-18(3)9-12-21)15-20-6-5-7-24(34-4)26(20)35-16-19-10-13-22(29)23(30)14-19/h5-15,17H,16H2,1-4H3/b25-15+,31-28?. The molecule has 0 saturated carbocycles. The van der Waals surface area contributed by atoms with Crippen LogP contribution in [0, 0.1) is 6.92 Å². The first-order valence-corrected chi connectivity index (χ1v) is 13.0. The van der Waals surface area contributed by atoms with Crippen LogP contribution >= 0.6 is 35.0 Å². The number of para-hydroxylation sites is 1. The number of hydrogen-bond donors (Lipinski definition) is 0. The molecule has 8 heteroatoms. The Hall–Kier alpha value is -2.93. The third-order valence-corrected chi connectivity index (χ3v) is 7.22. The first-order chi connectivity index (χ1) is 17.3. The zero-order valence-electron chi connectivity index (χ0n) is 20.4. The average Bonchev–Trinajstić information content (AvgIpc) is 3.16. The molecule has 1 heterocycles. The van der Waals surface area contributed by atoms with E-state index in [9.17, 15) is 4.79 Å². The molecule has 0 aliphatic carbocycles. The lowest BCUT2D eigenvalue weighted by Gasteiger charge is -2.19. The highest BCUT2D eigenvalue weighted by atomic mass is 35.5. The molecule has 1 fully saturated rings. The maximum atomic E-state index is 13.4. The highest BCUT2D eigenvalue weighted by molar-refractivity contribution is 8.18. The number of nitrogens with zero attached hydrogens (tertiary/aromatic N) is 2. The first-order valence-electron chi connectivity index (χ1n) is 11.4. The van der Waals surface area contributed by atoms with Crippen LogP contribution in [0.1, 0.15) is 30.5 Å². The predicted molar refractivity (Wildman–Crippen MR) is 150 cm³/mol. The molecular weight excluding hydrogens is 515 g/mol. The van der Waals surface area contributed by atoms with Crippen LogP contribution < -0.4 is 9.47 Å². The van der Waals surface area contributed by atoms with E-state index in [1.807, 2.05) is 75.4 Å². The summed E-state index contributed by atoms with van der Waals surface area (Å²) in [6, 6.07) is 18.8. The number of aliphatic imine (C=N–C) groups is 1. The van der Waals surface area contributed by atoms with E-state index in [2.05, 4.69) is 0 Å². The average molecular weight is 542 g/mol. The van der Waals surface area contributed by atoms with Gasteiger partial charge in [-0.3, -0.25) is 9.69 Å². The van der Waals surface area contributed by atoms with Crippen molar-refractivity contribution in [3.05, 3.63) is 92.3 Å². The molecule has 36 heavy (non-hydrogen) atoms. The summed E-state index contributed by atoms with van der Waals surface area (Å²) in [6.45, 7) is 6.24. The summed E-state index contributed by atoms with van der Waals surface area (Å²) in [7, 11) is 1.58. The number of halogens is 2. The minimum absolute atomic E-state index is 0.0456. The van der Waals surface area contributed by atoms with Gasteiger partial charge in [0.1, 0.15) is 6.61 Å². The molecule has 0 spiro atoms. The van der Waals surface area contributed by atoms with Crippen molar-refractivity contribution < 1.29 is 14.3 Å². The van der Waals surface area contributed by atoms with Gasteiger partial charge in [-0.15, -0.1) is 0 Å². The summed E-state index contributed by atoms with van der Waals surface area (Å²) in [5, 5.41) is 1.59. The zero-order chi connectivity index (χ0) is 25.8. The van der Waals surface area contributed by atoms with Crippen molar-refractivity contribution in [2.24, 2.45) is 4.99 Å². The fraction of sp³-hybridized carbons (Fsp3) is 0.214. The maximum absolute atomic E-state index is 13.4. The van der Waals surface area contributed by atoms with Crippen molar-refractivity contribution in [3.8, 4) is 11.5 Å². The van der Waals surface area contributed by atoms with Gasteiger partial charge in [-0.2, -0.15) is 0 Å². The van der Waals surface area contributed by atoms with Crippen molar-refractivity contribution in [2.75, 3.05) is 7.11 Å². The number of rotatable bonds is 7. The lowest BCUT2D eigenvalue weighted by atomic mass is 10.1. The normalized spacial score (nSPS) is 15.9. The SMILES string of the molecule is COc1cccc(/C=C2/SC(=Nc3ccc(C)cc3)N(C(C)C)C2=O)c1OCc1ccc(Cl)c(Cl)c1. The van der Waals surface area contributed by atoms with E-state index in [1.165, 1.54) is 11.8 Å². The van der Waals surface area contributed by atoms with Crippen LogP contribution in [0.15, 0.2) is 70.6 Å². The molecule has 1 amide bonds. The molecule has 4 rings (SSSR count). The fourth-order valence-corrected chi connectivity index (χ4v) is 5.07. The van der Waals surface area contributed by atoms with Gasteiger partial charge >= 0.3 is 0 Å². The van der Waals surface area contributed by atoms with E-state index in [4.69, 9.17) is 37.7 Å². The Bertz CT molecular complexity index is 1340. The van der Waals surface area contributed by atoms with Crippen LogP contribution in [0.5, 0.6) is 11.5 Å². The Balaban J connectivity index is 1.67. The van der Waals surface area contributed by atoms with E-state index in [0.29, 0.717) is 31.6 Å². The quantitative estimate of drug-likeness (QED) is 0.285. The van der Waals surface area contributed by atoms with Gasteiger partial charge in [0.15, 0.2) is 16.7 Å². The van der Waals surface area contributed by atoms with Crippen molar-refractivity contribution in [2.45, 2.75) is 33.4 Å². The molecule has 3 aromatic carbocycles. The van der Waals surface area contributed by atoms with Gasteiger partial charge in [-0.05, 0) is 74.5 Å². The Labute approximate surface area is 225 Å². The van der Waals surface area contributed by atoms with Crippen molar-refractivity contribution >= 4 is 57.8 Å². The third-order valence-electron chi connectivity index (χ3n) is 5.50. The molecule has 3 aromatic rings. The van der Waals surface area contributed by atoms with Gasteiger partial charge in [0, 0.05) is 11.6 Å². The van der Waals surface area contributed by atoms with E-state index < -0.39 is 0 Å². The highest BCUT2D eigenvalue weighted by Gasteiger charge is 2.35. The molecular formula is C28H26Cl2N2O3S. The summed E-state index contributed by atoms with van der Waals surface area (Å²) in [4.78, 5) is 20.4. The summed E-state index contributed by atoms with van der Waals surface area (Å²) in [5.74, 6) is 1.00. The topological polar surface area (TPSA) is 51.1 Å². The number of carbonyl (C=O) groups excluding carboxylic acids is 1. The minimum Gasteiger partial charge on any atom is -0.493 e. The highest BCUT2D eigenvalue weighted by Crippen LogP contribution is 2.39. The number of carbonyl (C=O) groups is 1. The summed E-state index contributed by atoms with van der Waals surface area (Å²) in [6.07, 6.45) is 1.83. The summed E-state index contributed by atoms with van der Waals surface area (Å²) >= 11 is 13.5. The van der Waals surface area contributed by atoms with Crippen molar-refractivity contribution in [3.63, 3.8) is 0 Å². The minimum atomic E-state index is -0.0980. The predicted octanol–water partition coefficient (Wildman–Crippen LogP) is 7.90. The van der Waals surface area contributed by atoms with Gasteiger partial charge in [0.25, 0.3) is 5.91 Å². The number of hydrogen-bond acceptors (Lipinski definition) is 5. The number of thioether (sulfide) groups is 1. The number of aryl methyl sites for hydroxylation is 1. The molecule has 0 unspecified atom stereocenters. The molecule has 1 aliphatic rings. The first kappa shape index (κ1) is 26.1. The third kappa shape index (κ3) is 5.89. The second-order valence-electron chi connectivity index (χ2n) is 8.53. The molecule has 0 radical (unpaired) electrons. The van der Waals surface area contributed by atoms with E-state index in [-0.39, 0.29) is 18.6 Å². The lowest BCUT2D eigenvalue weighted by Crippen LogP contribution is -2.35. The van der Waals surface area contributed by atoms with Crippen LogP contribution in [0.25, 0.3) is 6.08 Å². The second-order valence-corrected chi connectivity index (χ2v) is 10.3. The van der Waals surface area contributed by atoms with Crippen molar-refractivity contribution in [1.29, 1.82) is 0 Å². The van der Waals surface area contributed by atoms with E-state index >= 15 is 0 Å². The Morgan fingerprint density at radius 3 is 2.47 bits per heavy atom. The largest absolute Gasteiger partial charge is 0.493 e. The Morgan fingerprint density at radius 1 is 1.06 bits per heavy atom. The number of methoxy groups -OCH3 is 1. The van der Waals surface area contributed by atoms with Gasteiger partial charge in [0.05, 0.1) is 27.7 Å². The van der Waals surface area contributed by atoms with Gasteiger partial charge in [-0.1, -0.05) is 59.1 Å². The van der Waals surface area contributed by atoms with Crippen molar-refractivity contribution in [1.82, 2.24) is 4.90 Å². The monoisotopic (exact) mass is 540 g/mol. The molecule has 0 aromatic heterocycles. The summed E-state index contributed by atoms with van der Waals surface area (Å²) < 4.78 is 11.7. The Morgan fingerprint density at radius 2 is 1.81 bits per heavy atom. The van der Waals surface area contributed by atoms with Crippen LogP contribution in [0.4, 0.5) is 5.69 Å². The number of amides is 1. The molecule has 1 aliphatic heterocycles. The van der Waals surface area contributed by atoms with Crippen LogP contribution in [0.2, 0.25) is 10.0 Å². The number of benzene rings is 3. The molecule has 0 atom stereocenters. The van der Waals surface area contributed by atoms with E-state index in [1.54, 1.807) is 24.1 Å². The second kappa shape index (κ2) is 11.4. The van der Waals surface area contributed by atoms with Crippen LogP contribution in [-0.4, -0.2) is 29.1 Å². The van der Waals surface area contributed by atoms with E-state index in [0.717, 1.165) is 22.4 Å². The molecule has 5 nitrogen and oxygen atoms in total. The molecule has 0 bridgehead atoms. The smallest absolute Gasteiger partial charge is 0.266 e.